The van der Waals surface area contributed by atoms with Crippen molar-refractivity contribution in [2.75, 3.05) is 19.0 Å². The maximum absolute atomic E-state index is 5.83. The van der Waals surface area contributed by atoms with Crippen LogP contribution >= 0.6 is 0 Å². The number of aliphatic imine (C=N–C) groups is 1. The summed E-state index contributed by atoms with van der Waals surface area (Å²) in [5.41, 5.74) is 7.99. The zero-order chi connectivity index (χ0) is 14.2. The van der Waals surface area contributed by atoms with E-state index in [4.69, 9.17) is 10.5 Å². The largest absolute Gasteiger partial charge is 0.497 e. The predicted molar refractivity (Wildman–Crippen MR) is 83.3 cm³/mol. The second kappa shape index (κ2) is 7.19. The van der Waals surface area contributed by atoms with Gasteiger partial charge in [-0.15, -0.1) is 0 Å². The Morgan fingerprint density at radius 2 is 1.80 bits per heavy atom. The number of nitrogens with zero attached hydrogens (tertiary/aromatic N) is 1. The van der Waals surface area contributed by atoms with Crippen molar-refractivity contribution in [2.24, 2.45) is 10.7 Å². The quantitative estimate of drug-likeness (QED) is 0.648. The standard InChI is InChI=1S/C16H19N3O/c1-20-15-9-7-13(8-10-15)11-12-18-16(17)19-14-5-3-2-4-6-14/h2-10H,11-12H2,1H3,(H3,17,18,19). The Morgan fingerprint density at radius 1 is 1.10 bits per heavy atom. The first-order valence-electron chi connectivity index (χ1n) is 6.53. The van der Waals surface area contributed by atoms with Gasteiger partial charge in [0, 0.05) is 12.2 Å². The SMILES string of the molecule is COc1ccc(CCN=C(N)Nc2ccccc2)cc1. The molecule has 0 aliphatic carbocycles. The molecule has 0 spiro atoms. The monoisotopic (exact) mass is 269 g/mol. The third-order valence-electron chi connectivity index (χ3n) is 2.89. The molecule has 0 amide bonds. The summed E-state index contributed by atoms with van der Waals surface area (Å²) in [4.78, 5) is 4.31. The first kappa shape index (κ1) is 13.9. The average Bonchev–Trinajstić information content (AvgIpc) is 2.49. The lowest BCUT2D eigenvalue weighted by molar-refractivity contribution is 0.414. The topological polar surface area (TPSA) is 59.6 Å². The van der Waals surface area contributed by atoms with Gasteiger partial charge in [0.05, 0.1) is 7.11 Å². The number of rotatable bonds is 5. The minimum atomic E-state index is 0.435. The van der Waals surface area contributed by atoms with Crippen LogP contribution < -0.4 is 15.8 Å². The van der Waals surface area contributed by atoms with Gasteiger partial charge in [0.15, 0.2) is 5.96 Å². The van der Waals surface area contributed by atoms with Gasteiger partial charge in [-0.1, -0.05) is 30.3 Å². The van der Waals surface area contributed by atoms with Gasteiger partial charge in [0.25, 0.3) is 0 Å². The first-order valence-corrected chi connectivity index (χ1v) is 6.53. The van der Waals surface area contributed by atoms with Gasteiger partial charge in [0.2, 0.25) is 0 Å². The molecule has 20 heavy (non-hydrogen) atoms. The lowest BCUT2D eigenvalue weighted by Crippen LogP contribution is -2.22. The van der Waals surface area contributed by atoms with Gasteiger partial charge in [0.1, 0.15) is 5.75 Å². The molecule has 0 saturated carbocycles. The van der Waals surface area contributed by atoms with Crippen molar-refractivity contribution in [1.82, 2.24) is 0 Å². The normalized spacial score (nSPS) is 11.2. The molecule has 4 heteroatoms. The Hall–Kier alpha value is -2.49. The highest BCUT2D eigenvalue weighted by Gasteiger charge is 1.96. The number of nitrogens with one attached hydrogen (secondary N) is 1. The highest BCUT2D eigenvalue weighted by atomic mass is 16.5. The van der Waals surface area contributed by atoms with E-state index in [-0.39, 0.29) is 0 Å². The Bertz CT molecular complexity index is 550. The molecule has 104 valence electrons. The third kappa shape index (κ3) is 4.31. The van der Waals surface area contributed by atoms with Crippen molar-refractivity contribution in [2.45, 2.75) is 6.42 Å². The van der Waals surface area contributed by atoms with Gasteiger partial charge >= 0.3 is 0 Å². The van der Waals surface area contributed by atoms with Crippen LogP contribution in [0.15, 0.2) is 59.6 Å². The maximum atomic E-state index is 5.83. The summed E-state index contributed by atoms with van der Waals surface area (Å²) in [6, 6.07) is 17.7. The Kier molecular flexibility index (Phi) is 5.00. The average molecular weight is 269 g/mol. The Morgan fingerprint density at radius 3 is 2.45 bits per heavy atom. The van der Waals surface area contributed by atoms with Crippen molar-refractivity contribution in [3.63, 3.8) is 0 Å². The molecular weight excluding hydrogens is 250 g/mol. The van der Waals surface area contributed by atoms with Crippen LogP contribution in [-0.4, -0.2) is 19.6 Å². The summed E-state index contributed by atoms with van der Waals surface area (Å²) in [5.74, 6) is 1.30. The van der Waals surface area contributed by atoms with E-state index in [2.05, 4.69) is 10.3 Å². The molecule has 0 radical (unpaired) electrons. The van der Waals surface area contributed by atoms with Crippen molar-refractivity contribution >= 4 is 11.6 Å². The second-order valence-electron chi connectivity index (χ2n) is 4.36. The van der Waals surface area contributed by atoms with Crippen molar-refractivity contribution in [1.29, 1.82) is 0 Å². The summed E-state index contributed by atoms with van der Waals surface area (Å²) in [6.07, 6.45) is 0.848. The van der Waals surface area contributed by atoms with Crippen molar-refractivity contribution in [3.05, 3.63) is 60.2 Å². The van der Waals surface area contributed by atoms with E-state index in [1.54, 1.807) is 7.11 Å². The molecule has 0 atom stereocenters. The van der Waals surface area contributed by atoms with E-state index < -0.39 is 0 Å². The lowest BCUT2D eigenvalue weighted by Gasteiger charge is -2.05. The highest BCUT2D eigenvalue weighted by molar-refractivity contribution is 5.92. The number of nitrogens with two attached hydrogens (primary N) is 1. The van der Waals surface area contributed by atoms with Crippen LogP contribution in [0.5, 0.6) is 5.75 Å². The number of anilines is 1. The summed E-state index contributed by atoms with van der Waals surface area (Å²) in [5, 5.41) is 3.05. The summed E-state index contributed by atoms with van der Waals surface area (Å²) in [7, 11) is 1.66. The van der Waals surface area contributed by atoms with Crippen LogP contribution in [0.4, 0.5) is 5.69 Å². The molecule has 0 aliphatic rings. The van der Waals surface area contributed by atoms with Gasteiger partial charge in [-0.05, 0) is 36.2 Å². The highest BCUT2D eigenvalue weighted by Crippen LogP contribution is 2.11. The Labute approximate surface area is 119 Å². The van der Waals surface area contributed by atoms with E-state index in [0.29, 0.717) is 12.5 Å². The molecule has 0 saturated heterocycles. The summed E-state index contributed by atoms with van der Waals surface area (Å²) >= 11 is 0. The molecule has 2 aromatic rings. The molecule has 0 bridgehead atoms. The summed E-state index contributed by atoms with van der Waals surface area (Å²) in [6.45, 7) is 0.651. The fraction of sp³-hybridized carbons (Fsp3) is 0.188. The molecule has 2 aromatic carbocycles. The van der Waals surface area contributed by atoms with E-state index in [1.165, 1.54) is 5.56 Å². The zero-order valence-electron chi connectivity index (χ0n) is 11.5. The Balaban J connectivity index is 1.82. The van der Waals surface area contributed by atoms with E-state index in [9.17, 15) is 0 Å². The van der Waals surface area contributed by atoms with Crippen molar-refractivity contribution in [3.8, 4) is 5.75 Å². The molecule has 2 rings (SSSR count). The molecule has 4 nitrogen and oxygen atoms in total. The molecule has 0 fully saturated rings. The fourth-order valence-electron chi connectivity index (χ4n) is 1.81. The predicted octanol–water partition coefficient (Wildman–Crippen LogP) is 2.66. The van der Waals surface area contributed by atoms with Crippen LogP contribution in [0.3, 0.4) is 0 Å². The van der Waals surface area contributed by atoms with Crippen LogP contribution in [0.2, 0.25) is 0 Å². The minimum absolute atomic E-state index is 0.435. The molecule has 0 unspecified atom stereocenters. The number of guanidine groups is 1. The number of benzene rings is 2. The second-order valence-corrected chi connectivity index (χ2v) is 4.36. The van der Waals surface area contributed by atoms with E-state index >= 15 is 0 Å². The van der Waals surface area contributed by atoms with Crippen LogP contribution in [0, 0.1) is 0 Å². The summed E-state index contributed by atoms with van der Waals surface area (Å²) < 4.78 is 5.12. The number of hydrogen-bond donors (Lipinski definition) is 2. The van der Waals surface area contributed by atoms with Crippen LogP contribution in [0.25, 0.3) is 0 Å². The smallest absolute Gasteiger partial charge is 0.193 e. The van der Waals surface area contributed by atoms with Gasteiger partial charge < -0.3 is 15.8 Å². The first-order chi connectivity index (χ1) is 9.78. The van der Waals surface area contributed by atoms with Gasteiger partial charge in [-0.25, -0.2) is 0 Å². The number of para-hydroxylation sites is 1. The molecule has 0 aliphatic heterocycles. The minimum Gasteiger partial charge on any atom is -0.497 e. The van der Waals surface area contributed by atoms with E-state index in [0.717, 1.165) is 17.9 Å². The molecule has 0 heterocycles. The van der Waals surface area contributed by atoms with E-state index in [1.807, 2.05) is 54.6 Å². The van der Waals surface area contributed by atoms with Crippen molar-refractivity contribution < 1.29 is 4.74 Å². The lowest BCUT2D eigenvalue weighted by atomic mass is 10.1. The number of ether oxygens (including phenoxy) is 1. The van der Waals surface area contributed by atoms with Crippen LogP contribution in [0.1, 0.15) is 5.56 Å². The molecular formula is C16H19N3O. The van der Waals surface area contributed by atoms with Gasteiger partial charge in [-0.2, -0.15) is 0 Å². The molecule has 3 N–H and O–H groups in total. The molecule has 0 aromatic heterocycles. The zero-order valence-corrected chi connectivity index (χ0v) is 11.5. The number of hydrogen-bond acceptors (Lipinski definition) is 2. The fourth-order valence-corrected chi connectivity index (χ4v) is 1.81. The maximum Gasteiger partial charge on any atom is 0.193 e. The van der Waals surface area contributed by atoms with Gasteiger partial charge in [-0.3, -0.25) is 4.99 Å². The van der Waals surface area contributed by atoms with Crippen LogP contribution in [-0.2, 0) is 6.42 Å². The number of methoxy groups -OCH3 is 1. The third-order valence-corrected chi connectivity index (χ3v) is 2.89.